The second-order valence-corrected chi connectivity index (χ2v) is 5.74. The molecule has 0 unspecified atom stereocenters. The molecule has 0 spiro atoms. The van der Waals surface area contributed by atoms with Gasteiger partial charge in [0, 0.05) is 5.56 Å². The highest BCUT2D eigenvalue weighted by Gasteiger charge is 2.13. The van der Waals surface area contributed by atoms with E-state index >= 15 is 0 Å². The first-order chi connectivity index (χ1) is 12.1. The molecule has 0 fully saturated rings. The van der Waals surface area contributed by atoms with Crippen LogP contribution in [0.15, 0.2) is 60.7 Å². The molecule has 126 valence electrons. The highest BCUT2D eigenvalue weighted by molar-refractivity contribution is 6.02. The molecule has 25 heavy (non-hydrogen) atoms. The van der Waals surface area contributed by atoms with Gasteiger partial charge in [0.05, 0.1) is 12.7 Å². The highest BCUT2D eigenvalue weighted by atomic mass is 16.5. The van der Waals surface area contributed by atoms with E-state index in [4.69, 9.17) is 9.47 Å². The maximum atomic E-state index is 12.3. The topological polar surface area (TPSA) is 52.6 Å². The lowest BCUT2D eigenvalue weighted by molar-refractivity contribution is 0.0474. The van der Waals surface area contributed by atoms with Gasteiger partial charge in [-0.25, -0.2) is 4.79 Å². The van der Waals surface area contributed by atoms with Gasteiger partial charge in [0.25, 0.3) is 0 Å². The Balaban J connectivity index is 1.72. The van der Waals surface area contributed by atoms with Gasteiger partial charge in [-0.3, -0.25) is 4.79 Å². The van der Waals surface area contributed by atoms with Crippen molar-refractivity contribution in [2.45, 2.75) is 6.92 Å². The summed E-state index contributed by atoms with van der Waals surface area (Å²) >= 11 is 0. The second-order valence-electron chi connectivity index (χ2n) is 5.74. The summed E-state index contributed by atoms with van der Waals surface area (Å²) in [5.41, 5.74) is 1.80. The standard InChI is InChI=1S/C21H18O4/c1-14-5-3-4-6-19(14)21(23)25-13-20(22)17-8-7-16-12-18(24-2)10-9-15(16)11-17/h3-12H,13H2,1-2H3. The molecule has 0 aromatic heterocycles. The fourth-order valence-electron chi connectivity index (χ4n) is 2.62. The van der Waals surface area contributed by atoms with Crippen LogP contribution in [0.5, 0.6) is 5.75 Å². The number of rotatable bonds is 5. The fraction of sp³-hybridized carbons (Fsp3) is 0.143. The summed E-state index contributed by atoms with van der Waals surface area (Å²) in [4.78, 5) is 24.4. The zero-order chi connectivity index (χ0) is 17.8. The van der Waals surface area contributed by atoms with Gasteiger partial charge in [-0.15, -0.1) is 0 Å². The van der Waals surface area contributed by atoms with Crippen molar-refractivity contribution in [2.75, 3.05) is 13.7 Å². The first-order valence-electron chi connectivity index (χ1n) is 7.92. The fourth-order valence-corrected chi connectivity index (χ4v) is 2.62. The van der Waals surface area contributed by atoms with E-state index in [2.05, 4.69) is 0 Å². The third-order valence-corrected chi connectivity index (χ3v) is 4.07. The van der Waals surface area contributed by atoms with Gasteiger partial charge >= 0.3 is 5.97 Å². The van der Waals surface area contributed by atoms with Crippen molar-refractivity contribution in [3.63, 3.8) is 0 Å². The van der Waals surface area contributed by atoms with Gasteiger partial charge in [0.1, 0.15) is 5.75 Å². The molecule has 3 aromatic carbocycles. The van der Waals surface area contributed by atoms with Crippen molar-refractivity contribution in [1.29, 1.82) is 0 Å². The minimum absolute atomic E-state index is 0.236. The molecule has 0 aliphatic carbocycles. The molecule has 0 bridgehead atoms. The lowest BCUT2D eigenvalue weighted by Crippen LogP contribution is -2.15. The summed E-state index contributed by atoms with van der Waals surface area (Å²) in [7, 11) is 1.61. The van der Waals surface area contributed by atoms with Crippen LogP contribution in [0.3, 0.4) is 0 Å². The molecule has 4 heteroatoms. The van der Waals surface area contributed by atoms with Gasteiger partial charge in [-0.2, -0.15) is 0 Å². The number of aryl methyl sites for hydroxylation is 1. The van der Waals surface area contributed by atoms with Crippen molar-refractivity contribution >= 4 is 22.5 Å². The van der Waals surface area contributed by atoms with Crippen LogP contribution >= 0.6 is 0 Å². The molecule has 0 aliphatic heterocycles. The van der Waals surface area contributed by atoms with Gasteiger partial charge in [0.2, 0.25) is 0 Å². The molecule has 0 saturated heterocycles. The number of ether oxygens (including phenoxy) is 2. The smallest absolute Gasteiger partial charge is 0.338 e. The van der Waals surface area contributed by atoms with E-state index in [1.807, 2.05) is 43.3 Å². The van der Waals surface area contributed by atoms with Gasteiger partial charge < -0.3 is 9.47 Å². The molecule has 0 aliphatic rings. The third kappa shape index (κ3) is 3.69. The lowest BCUT2D eigenvalue weighted by Gasteiger charge is -2.08. The molecule has 0 saturated carbocycles. The van der Waals surface area contributed by atoms with E-state index < -0.39 is 5.97 Å². The van der Waals surface area contributed by atoms with Crippen LogP contribution < -0.4 is 4.74 Å². The minimum Gasteiger partial charge on any atom is -0.497 e. The number of fused-ring (bicyclic) bond motifs is 1. The van der Waals surface area contributed by atoms with Crippen LogP contribution in [-0.4, -0.2) is 25.5 Å². The minimum atomic E-state index is -0.489. The first kappa shape index (κ1) is 16.7. The average molecular weight is 334 g/mol. The Morgan fingerprint density at radius 1 is 0.920 bits per heavy atom. The predicted octanol–water partition coefficient (Wildman–Crippen LogP) is 4.20. The first-order valence-corrected chi connectivity index (χ1v) is 7.92. The molecule has 0 N–H and O–H groups in total. The number of carbonyl (C=O) groups is 2. The lowest BCUT2D eigenvalue weighted by atomic mass is 10.0. The van der Waals surface area contributed by atoms with Crippen LogP contribution in [0, 0.1) is 6.92 Å². The number of hydrogen-bond donors (Lipinski definition) is 0. The SMILES string of the molecule is COc1ccc2cc(C(=O)COC(=O)c3ccccc3C)ccc2c1. The molecule has 3 rings (SSSR count). The Kier molecular flexibility index (Phi) is 4.80. The number of methoxy groups -OCH3 is 1. The van der Waals surface area contributed by atoms with E-state index in [0.717, 1.165) is 22.1 Å². The maximum Gasteiger partial charge on any atom is 0.338 e. The zero-order valence-electron chi connectivity index (χ0n) is 14.1. The zero-order valence-corrected chi connectivity index (χ0v) is 14.1. The van der Waals surface area contributed by atoms with E-state index in [9.17, 15) is 9.59 Å². The summed E-state index contributed by atoms with van der Waals surface area (Å²) in [5, 5.41) is 1.91. The van der Waals surface area contributed by atoms with Crippen LogP contribution in [0.2, 0.25) is 0 Å². The predicted molar refractivity (Wildman–Crippen MR) is 96.3 cm³/mol. The van der Waals surface area contributed by atoms with Gasteiger partial charge in [-0.05, 0) is 47.5 Å². The molecule has 4 nitrogen and oxygen atoms in total. The van der Waals surface area contributed by atoms with Crippen molar-refractivity contribution < 1.29 is 19.1 Å². The van der Waals surface area contributed by atoms with E-state index in [-0.39, 0.29) is 12.4 Å². The molecule has 0 heterocycles. The summed E-state index contributed by atoms with van der Waals surface area (Å²) in [5.74, 6) is 0.0374. The average Bonchev–Trinajstić information content (AvgIpc) is 2.65. The van der Waals surface area contributed by atoms with E-state index in [1.54, 1.807) is 31.4 Å². The monoisotopic (exact) mass is 334 g/mol. The number of benzene rings is 3. The Bertz CT molecular complexity index is 944. The molecule has 0 radical (unpaired) electrons. The third-order valence-electron chi connectivity index (χ3n) is 4.07. The quantitative estimate of drug-likeness (QED) is 0.518. The van der Waals surface area contributed by atoms with Crippen molar-refractivity contribution in [3.05, 3.63) is 77.4 Å². The Labute approximate surface area is 146 Å². The molecule has 3 aromatic rings. The maximum absolute atomic E-state index is 12.3. The van der Waals surface area contributed by atoms with E-state index in [0.29, 0.717) is 11.1 Å². The van der Waals surface area contributed by atoms with Crippen LogP contribution in [0.4, 0.5) is 0 Å². The Morgan fingerprint density at radius 2 is 1.64 bits per heavy atom. The van der Waals surface area contributed by atoms with Crippen molar-refractivity contribution in [2.24, 2.45) is 0 Å². The normalized spacial score (nSPS) is 10.5. The largest absolute Gasteiger partial charge is 0.497 e. The number of Topliss-reactive ketones (excluding diaryl/α,β-unsaturated/α-hetero) is 1. The molecular weight excluding hydrogens is 316 g/mol. The summed E-state index contributed by atoms with van der Waals surface area (Å²) < 4.78 is 10.4. The number of carbonyl (C=O) groups excluding carboxylic acids is 2. The highest BCUT2D eigenvalue weighted by Crippen LogP contribution is 2.22. The number of hydrogen-bond acceptors (Lipinski definition) is 4. The van der Waals surface area contributed by atoms with Crippen molar-refractivity contribution in [1.82, 2.24) is 0 Å². The Morgan fingerprint density at radius 3 is 2.40 bits per heavy atom. The van der Waals surface area contributed by atoms with Crippen LogP contribution in [0.25, 0.3) is 10.8 Å². The molecular formula is C21H18O4. The van der Waals surface area contributed by atoms with Crippen LogP contribution in [-0.2, 0) is 4.74 Å². The van der Waals surface area contributed by atoms with Crippen LogP contribution in [0.1, 0.15) is 26.3 Å². The van der Waals surface area contributed by atoms with Crippen molar-refractivity contribution in [3.8, 4) is 5.75 Å². The summed E-state index contributed by atoms with van der Waals surface area (Å²) in [6.07, 6.45) is 0. The number of ketones is 1. The molecule has 0 amide bonds. The second kappa shape index (κ2) is 7.18. The van der Waals surface area contributed by atoms with E-state index in [1.165, 1.54) is 0 Å². The number of esters is 1. The Hall–Kier alpha value is -3.14. The summed E-state index contributed by atoms with van der Waals surface area (Å²) in [6.45, 7) is 1.55. The molecule has 0 atom stereocenters. The summed E-state index contributed by atoms with van der Waals surface area (Å²) in [6, 6.07) is 18.1. The van der Waals surface area contributed by atoms with Gasteiger partial charge in [0.15, 0.2) is 12.4 Å². The van der Waals surface area contributed by atoms with Gasteiger partial charge in [-0.1, -0.05) is 36.4 Å².